The predicted molar refractivity (Wildman–Crippen MR) is 74.3 cm³/mol. The second-order valence-electron chi connectivity index (χ2n) is 5.93. The Morgan fingerprint density at radius 3 is 2.68 bits per heavy atom. The zero-order valence-corrected chi connectivity index (χ0v) is 12.1. The van der Waals surface area contributed by atoms with Crippen molar-refractivity contribution < 1.29 is 13.2 Å². The standard InChI is InChI=1S/C13H24N2O3S/c14-8-10-3-1-4-11(7-10)13(16)15-12-5-2-6-19(17,18)9-12/h10-12H,1-9,14H2,(H,15,16). The second-order valence-corrected chi connectivity index (χ2v) is 8.16. The molecule has 0 radical (unpaired) electrons. The molecule has 2 fully saturated rings. The van der Waals surface area contributed by atoms with Crippen molar-refractivity contribution in [3.63, 3.8) is 0 Å². The lowest BCUT2D eigenvalue weighted by atomic mass is 9.81. The van der Waals surface area contributed by atoms with Crippen molar-refractivity contribution in [2.75, 3.05) is 18.1 Å². The van der Waals surface area contributed by atoms with Crippen LogP contribution in [0.15, 0.2) is 0 Å². The molecule has 1 saturated heterocycles. The molecule has 0 aromatic rings. The van der Waals surface area contributed by atoms with Crippen LogP contribution in [0.3, 0.4) is 0 Å². The van der Waals surface area contributed by atoms with Crippen LogP contribution < -0.4 is 11.1 Å². The fraction of sp³-hybridized carbons (Fsp3) is 0.923. The highest BCUT2D eigenvalue weighted by Gasteiger charge is 2.30. The van der Waals surface area contributed by atoms with E-state index in [1.807, 2.05) is 0 Å². The van der Waals surface area contributed by atoms with Crippen LogP contribution in [0.4, 0.5) is 0 Å². The molecule has 2 rings (SSSR count). The molecule has 1 aliphatic carbocycles. The maximum absolute atomic E-state index is 12.2. The Balaban J connectivity index is 1.86. The summed E-state index contributed by atoms with van der Waals surface area (Å²) in [5.41, 5.74) is 5.67. The highest BCUT2D eigenvalue weighted by molar-refractivity contribution is 7.91. The number of carbonyl (C=O) groups excluding carboxylic acids is 1. The van der Waals surface area contributed by atoms with Crippen molar-refractivity contribution in [3.05, 3.63) is 0 Å². The first-order valence-corrected chi connectivity index (χ1v) is 9.03. The first kappa shape index (κ1) is 14.8. The molecular formula is C13H24N2O3S. The molecule has 1 amide bonds. The number of nitrogens with one attached hydrogen (secondary N) is 1. The van der Waals surface area contributed by atoms with Crippen LogP contribution >= 0.6 is 0 Å². The van der Waals surface area contributed by atoms with Crippen LogP contribution in [0.5, 0.6) is 0 Å². The first-order valence-electron chi connectivity index (χ1n) is 7.21. The molecule has 0 spiro atoms. The van der Waals surface area contributed by atoms with Gasteiger partial charge in [-0.05, 0) is 44.6 Å². The van der Waals surface area contributed by atoms with Crippen LogP contribution in [-0.2, 0) is 14.6 Å². The predicted octanol–water partition coefficient (Wildman–Crippen LogP) is 0.445. The average molecular weight is 288 g/mol. The minimum atomic E-state index is -2.96. The Morgan fingerprint density at radius 1 is 1.21 bits per heavy atom. The first-order chi connectivity index (χ1) is 9.00. The Labute approximate surface area is 115 Å². The van der Waals surface area contributed by atoms with E-state index < -0.39 is 9.84 Å². The van der Waals surface area contributed by atoms with Gasteiger partial charge in [0, 0.05) is 12.0 Å². The monoisotopic (exact) mass is 288 g/mol. The number of amides is 1. The maximum Gasteiger partial charge on any atom is 0.223 e. The van der Waals surface area contributed by atoms with Gasteiger partial charge in [0.1, 0.15) is 0 Å². The summed E-state index contributed by atoms with van der Waals surface area (Å²) in [4.78, 5) is 12.2. The number of carbonyl (C=O) groups is 1. The van der Waals surface area contributed by atoms with E-state index in [1.165, 1.54) is 0 Å². The normalized spacial score (nSPS) is 34.7. The van der Waals surface area contributed by atoms with Gasteiger partial charge >= 0.3 is 0 Å². The van der Waals surface area contributed by atoms with Crippen molar-refractivity contribution in [3.8, 4) is 0 Å². The Morgan fingerprint density at radius 2 is 2.00 bits per heavy atom. The van der Waals surface area contributed by atoms with Gasteiger partial charge in [-0.2, -0.15) is 0 Å². The highest BCUT2D eigenvalue weighted by Crippen LogP contribution is 2.28. The van der Waals surface area contributed by atoms with E-state index in [0.29, 0.717) is 18.9 Å². The van der Waals surface area contributed by atoms with Crippen molar-refractivity contribution >= 4 is 15.7 Å². The zero-order valence-electron chi connectivity index (χ0n) is 11.3. The third-order valence-electron chi connectivity index (χ3n) is 4.30. The van der Waals surface area contributed by atoms with Crippen molar-refractivity contribution in [1.29, 1.82) is 0 Å². The fourth-order valence-corrected chi connectivity index (χ4v) is 4.84. The molecule has 5 nitrogen and oxygen atoms in total. The SMILES string of the molecule is NCC1CCCC(C(=O)NC2CCCS(=O)(=O)C2)C1. The number of hydrogen-bond donors (Lipinski definition) is 2. The van der Waals surface area contributed by atoms with Crippen molar-refractivity contribution in [1.82, 2.24) is 5.32 Å². The molecule has 3 unspecified atom stereocenters. The van der Waals surface area contributed by atoms with E-state index in [1.54, 1.807) is 0 Å². The smallest absolute Gasteiger partial charge is 0.223 e. The number of hydrogen-bond acceptors (Lipinski definition) is 4. The maximum atomic E-state index is 12.2. The van der Waals surface area contributed by atoms with Gasteiger partial charge in [0.2, 0.25) is 5.91 Å². The van der Waals surface area contributed by atoms with E-state index in [0.717, 1.165) is 32.1 Å². The van der Waals surface area contributed by atoms with Crippen molar-refractivity contribution in [2.45, 2.75) is 44.6 Å². The molecule has 0 aromatic heterocycles. The summed E-state index contributed by atoms with van der Waals surface area (Å²) < 4.78 is 23.1. The van der Waals surface area contributed by atoms with Crippen molar-refractivity contribution in [2.24, 2.45) is 17.6 Å². The third kappa shape index (κ3) is 4.18. The highest BCUT2D eigenvalue weighted by atomic mass is 32.2. The number of nitrogens with two attached hydrogens (primary N) is 1. The lowest BCUT2D eigenvalue weighted by molar-refractivity contribution is -0.127. The summed E-state index contributed by atoms with van der Waals surface area (Å²) in [7, 11) is -2.96. The molecule has 19 heavy (non-hydrogen) atoms. The van der Waals surface area contributed by atoms with Crippen LogP contribution in [0.1, 0.15) is 38.5 Å². The van der Waals surface area contributed by atoms with Crippen LogP contribution in [-0.4, -0.2) is 38.4 Å². The molecule has 1 saturated carbocycles. The quantitative estimate of drug-likeness (QED) is 0.789. The molecule has 3 atom stereocenters. The number of sulfone groups is 1. The molecule has 6 heteroatoms. The molecule has 0 aromatic carbocycles. The Kier molecular flexibility index (Phi) is 4.84. The van der Waals surface area contributed by atoms with Gasteiger partial charge in [0.25, 0.3) is 0 Å². The molecule has 110 valence electrons. The van der Waals surface area contributed by atoms with E-state index in [2.05, 4.69) is 5.32 Å². The second kappa shape index (κ2) is 6.22. The van der Waals surface area contributed by atoms with E-state index in [4.69, 9.17) is 5.73 Å². The van der Waals surface area contributed by atoms with Gasteiger partial charge in [-0.1, -0.05) is 6.42 Å². The average Bonchev–Trinajstić information content (AvgIpc) is 2.37. The van der Waals surface area contributed by atoms with E-state index in [-0.39, 0.29) is 29.4 Å². The fourth-order valence-electron chi connectivity index (χ4n) is 3.20. The van der Waals surface area contributed by atoms with E-state index >= 15 is 0 Å². The summed E-state index contributed by atoms with van der Waals surface area (Å²) in [5.74, 6) is 0.857. The largest absolute Gasteiger partial charge is 0.352 e. The Bertz CT molecular complexity index is 422. The van der Waals surface area contributed by atoms with Gasteiger partial charge in [0.15, 0.2) is 9.84 Å². The molecule has 1 aliphatic heterocycles. The summed E-state index contributed by atoms with van der Waals surface area (Å²) in [6, 6.07) is -0.190. The van der Waals surface area contributed by atoms with Gasteiger partial charge in [-0.15, -0.1) is 0 Å². The summed E-state index contributed by atoms with van der Waals surface area (Å²) in [5, 5.41) is 2.93. The third-order valence-corrected chi connectivity index (χ3v) is 6.12. The van der Waals surface area contributed by atoms with Crippen LogP contribution in [0, 0.1) is 11.8 Å². The molecule has 0 bridgehead atoms. The minimum absolute atomic E-state index is 0.0203. The van der Waals surface area contributed by atoms with Gasteiger partial charge < -0.3 is 11.1 Å². The molecule has 2 aliphatic rings. The van der Waals surface area contributed by atoms with Crippen LogP contribution in [0.2, 0.25) is 0 Å². The summed E-state index contributed by atoms with van der Waals surface area (Å²) in [6.07, 6.45) is 5.34. The molecule has 1 heterocycles. The molecule has 3 N–H and O–H groups in total. The van der Waals surface area contributed by atoms with Gasteiger partial charge in [0.05, 0.1) is 11.5 Å². The minimum Gasteiger partial charge on any atom is -0.352 e. The Hall–Kier alpha value is -0.620. The van der Waals surface area contributed by atoms with E-state index in [9.17, 15) is 13.2 Å². The lowest BCUT2D eigenvalue weighted by Gasteiger charge is -2.30. The summed E-state index contributed by atoms with van der Waals surface area (Å²) in [6.45, 7) is 0.640. The zero-order chi connectivity index (χ0) is 13.9. The van der Waals surface area contributed by atoms with Gasteiger partial charge in [-0.3, -0.25) is 4.79 Å². The lowest BCUT2D eigenvalue weighted by Crippen LogP contribution is -2.46. The summed E-state index contributed by atoms with van der Waals surface area (Å²) >= 11 is 0. The molecular weight excluding hydrogens is 264 g/mol. The topological polar surface area (TPSA) is 89.3 Å². The van der Waals surface area contributed by atoms with Gasteiger partial charge in [-0.25, -0.2) is 8.42 Å². The van der Waals surface area contributed by atoms with Crippen LogP contribution in [0.25, 0.3) is 0 Å². The number of rotatable bonds is 3.